The third-order valence-electron chi connectivity index (χ3n) is 5.54. The number of ether oxygens (including phenoxy) is 3. The fourth-order valence-electron chi connectivity index (χ4n) is 3.85. The summed E-state index contributed by atoms with van der Waals surface area (Å²) in [5.41, 5.74) is 6.36. The first kappa shape index (κ1) is 25.6. The lowest BCUT2D eigenvalue weighted by Gasteiger charge is -2.38. The average molecular weight is 494 g/mol. The second-order valence-electron chi connectivity index (χ2n) is 8.05. The minimum Gasteiger partial charge on any atom is -0.496 e. The first-order valence-electron chi connectivity index (χ1n) is 11.0. The molecule has 0 aromatic heterocycles. The number of amides is 1. The maximum absolute atomic E-state index is 13.0. The van der Waals surface area contributed by atoms with Gasteiger partial charge in [-0.1, -0.05) is 11.6 Å². The van der Waals surface area contributed by atoms with E-state index in [1.165, 1.54) is 38.3 Å². The molecule has 10 heteroatoms. The highest BCUT2D eigenvalue weighted by Crippen LogP contribution is 2.29. The van der Waals surface area contributed by atoms with Crippen LogP contribution >= 0.6 is 11.6 Å². The van der Waals surface area contributed by atoms with Gasteiger partial charge in [-0.25, -0.2) is 4.39 Å². The number of nitrogens with two attached hydrogens (primary N) is 1. The van der Waals surface area contributed by atoms with Gasteiger partial charge in [-0.3, -0.25) is 14.5 Å². The van der Waals surface area contributed by atoms with Gasteiger partial charge in [-0.15, -0.1) is 0 Å². The quantitative estimate of drug-likeness (QED) is 0.314. The summed E-state index contributed by atoms with van der Waals surface area (Å²) >= 11 is 6.09. The molecule has 1 heterocycles. The van der Waals surface area contributed by atoms with Crippen LogP contribution in [0.15, 0.2) is 36.4 Å². The molecule has 2 aromatic carbocycles. The van der Waals surface area contributed by atoms with E-state index in [0.717, 1.165) is 13.0 Å². The molecule has 3 N–H and O–H groups in total. The SMILES string of the molecule is COc1cc(N)c(Cl)cc1C(=O)N[C@@H]1CCN(CCCOc2ccc(F)cc2)C[C@@H]1OC(C)=O. The summed E-state index contributed by atoms with van der Waals surface area (Å²) in [4.78, 5) is 26.8. The number of esters is 1. The zero-order valence-corrected chi connectivity index (χ0v) is 19.9. The van der Waals surface area contributed by atoms with E-state index in [1.54, 1.807) is 12.1 Å². The van der Waals surface area contributed by atoms with Crippen LogP contribution in [-0.2, 0) is 9.53 Å². The summed E-state index contributed by atoms with van der Waals surface area (Å²) in [6.45, 7) is 3.72. The molecule has 0 aliphatic carbocycles. The summed E-state index contributed by atoms with van der Waals surface area (Å²) in [6, 6.07) is 8.47. The molecule has 3 rings (SSSR count). The fourth-order valence-corrected chi connectivity index (χ4v) is 4.02. The van der Waals surface area contributed by atoms with Crippen molar-refractivity contribution in [2.45, 2.75) is 31.9 Å². The zero-order valence-electron chi connectivity index (χ0n) is 19.2. The number of nitrogen functional groups attached to an aromatic ring is 1. The van der Waals surface area contributed by atoms with Gasteiger partial charge in [0, 0.05) is 32.6 Å². The Morgan fingerprint density at radius 3 is 2.68 bits per heavy atom. The standard InChI is InChI=1S/C24H29ClFN3O5/c1-15(30)34-23-14-29(9-3-11-33-17-6-4-16(26)5-7-17)10-8-21(23)28-24(31)18-12-19(25)20(27)13-22(18)32-2/h4-7,12-13,21,23H,3,8-11,14,27H2,1-2H3,(H,28,31)/t21-,23+/m1/s1. The van der Waals surface area contributed by atoms with Gasteiger partial charge in [0.25, 0.3) is 5.91 Å². The number of benzene rings is 2. The van der Waals surface area contributed by atoms with Crippen LogP contribution in [-0.4, -0.2) is 62.3 Å². The van der Waals surface area contributed by atoms with E-state index in [1.807, 2.05) is 0 Å². The van der Waals surface area contributed by atoms with Crippen LogP contribution in [0.5, 0.6) is 11.5 Å². The number of carbonyl (C=O) groups is 2. The van der Waals surface area contributed by atoms with Crippen molar-refractivity contribution in [2.75, 3.05) is 39.1 Å². The molecule has 1 aliphatic heterocycles. The number of rotatable bonds is 9. The van der Waals surface area contributed by atoms with E-state index < -0.39 is 12.1 Å². The van der Waals surface area contributed by atoms with E-state index in [2.05, 4.69) is 10.2 Å². The number of nitrogens with zero attached hydrogens (tertiary/aromatic N) is 1. The number of methoxy groups -OCH3 is 1. The fraction of sp³-hybridized carbons (Fsp3) is 0.417. The Hall–Kier alpha value is -3.04. The highest BCUT2D eigenvalue weighted by molar-refractivity contribution is 6.33. The molecule has 8 nitrogen and oxygen atoms in total. The Labute approximate surface area is 203 Å². The van der Waals surface area contributed by atoms with Gasteiger partial charge in [0.05, 0.1) is 36.0 Å². The molecule has 0 saturated carbocycles. The van der Waals surface area contributed by atoms with Gasteiger partial charge in [-0.05, 0) is 43.2 Å². The second kappa shape index (κ2) is 11.9. The Morgan fingerprint density at radius 1 is 1.26 bits per heavy atom. The van der Waals surface area contributed by atoms with Gasteiger partial charge in [0.15, 0.2) is 0 Å². The van der Waals surface area contributed by atoms with Crippen LogP contribution in [0.1, 0.15) is 30.1 Å². The molecular weight excluding hydrogens is 465 g/mol. The molecule has 1 saturated heterocycles. The molecule has 184 valence electrons. The zero-order chi connectivity index (χ0) is 24.7. The van der Waals surface area contributed by atoms with Crippen molar-refractivity contribution in [3.63, 3.8) is 0 Å². The molecule has 2 aromatic rings. The predicted molar refractivity (Wildman–Crippen MR) is 127 cm³/mol. The molecular formula is C24H29ClFN3O5. The monoisotopic (exact) mass is 493 g/mol. The molecule has 2 atom stereocenters. The predicted octanol–water partition coefficient (Wildman–Crippen LogP) is 3.27. The van der Waals surface area contributed by atoms with Crippen molar-refractivity contribution < 1.29 is 28.2 Å². The minimum absolute atomic E-state index is 0.250. The lowest BCUT2D eigenvalue weighted by molar-refractivity contribution is -0.150. The summed E-state index contributed by atoms with van der Waals surface area (Å²) < 4.78 is 29.4. The van der Waals surface area contributed by atoms with Gasteiger partial charge in [0.1, 0.15) is 23.4 Å². The van der Waals surface area contributed by atoms with Crippen LogP contribution in [0, 0.1) is 5.82 Å². The van der Waals surface area contributed by atoms with Crippen LogP contribution < -0.4 is 20.5 Å². The number of carbonyl (C=O) groups excluding carboxylic acids is 2. The number of hydrogen-bond donors (Lipinski definition) is 2. The molecule has 34 heavy (non-hydrogen) atoms. The first-order chi connectivity index (χ1) is 16.3. The topological polar surface area (TPSA) is 103 Å². The molecule has 0 unspecified atom stereocenters. The summed E-state index contributed by atoms with van der Waals surface area (Å²) in [7, 11) is 1.44. The molecule has 0 radical (unpaired) electrons. The number of halogens is 2. The number of piperidine rings is 1. The molecule has 1 aliphatic rings. The minimum atomic E-state index is -0.511. The van der Waals surface area contributed by atoms with E-state index in [9.17, 15) is 14.0 Å². The normalized spacial score (nSPS) is 18.2. The van der Waals surface area contributed by atoms with E-state index >= 15 is 0 Å². The first-order valence-corrected chi connectivity index (χ1v) is 11.4. The highest BCUT2D eigenvalue weighted by atomic mass is 35.5. The van der Waals surface area contributed by atoms with Crippen molar-refractivity contribution in [3.05, 3.63) is 52.8 Å². The van der Waals surface area contributed by atoms with Crippen LogP contribution in [0.25, 0.3) is 0 Å². The molecule has 0 bridgehead atoms. The van der Waals surface area contributed by atoms with Crippen LogP contribution in [0.2, 0.25) is 5.02 Å². The van der Waals surface area contributed by atoms with E-state index in [4.69, 9.17) is 31.5 Å². The van der Waals surface area contributed by atoms with Crippen molar-refractivity contribution in [1.29, 1.82) is 0 Å². The summed E-state index contributed by atoms with van der Waals surface area (Å²) in [5, 5.41) is 3.20. The lowest BCUT2D eigenvalue weighted by atomic mass is 10.0. The molecule has 0 spiro atoms. The van der Waals surface area contributed by atoms with Crippen LogP contribution in [0.3, 0.4) is 0 Å². The maximum atomic E-state index is 13.0. The molecule has 1 fully saturated rings. The summed E-state index contributed by atoms with van der Waals surface area (Å²) in [6.07, 6.45) is 0.819. The highest BCUT2D eigenvalue weighted by Gasteiger charge is 2.33. The third-order valence-corrected chi connectivity index (χ3v) is 5.87. The van der Waals surface area contributed by atoms with Crippen LogP contribution in [0.4, 0.5) is 10.1 Å². The Kier molecular flexibility index (Phi) is 8.95. The van der Waals surface area contributed by atoms with Gasteiger partial charge in [-0.2, -0.15) is 0 Å². The van der Waals surface area contributed by atoms with E-state index in [-0.39, 0.29) is 28.4 Å². The van der Waals surface area contributed by atoms with Gasteiger partial charge < -0.3 is 25.3 Å². The number of anilines is 1. The smallest absolute Gasteiger partial charge is 0.303 e. The largest absolute Gasteiger partial charge is 0.496 e. The summed E-state index contributed by atoms with van der Waals surface area (Å²) in [5.74, 6) is -0.196. The van der Waals surface area contributed by atoms with Crippen molar-refractivity contribution in [1.82, 2.24) is 10.2 Å². The van der Waals surface area contributed by atoms with Gasteiger partial charge >= 0.3 is 5.97 Å². The van der Waals surface area contributed by atoms with E-state index in [0.29, 0.717) is 43.3 Å². The average Bonchev–Trinajstić information content (AvgIpc) is 2.80. The number of hydrogen-bond acceptors (Lipinski definition) is 7. The van der Waals surface area contributed by atoms with Crippen molar-refractivity contribution in [2.24, 2.45) is 0 Å². The Morgan fingerprint density at radius 2 is 2.00 bits per heavy atom. The maximum Gasteiger partial charge on any atom is 0.303 e. The number of nitrogens with one attached hydrogen (secondary N) is 1. The molecule has 1 amide bonds. The lowest BCUT2D eigenvalue weighted by Crippen LogP contribution is -2.55. The Balaban J connectivity index is 1.56. The van der Waals surface area contributed by atoms with Gasteiger partial charge in [0.2, 0.25) is 0 Å². The van der Waals surface area contributed by atoms with Crippen molar-refractivity contribution in [3.8, 4) is 11.5 Å². The Bertz CT molecular complexity index is 1000. The third kappa shape index (κ3) is 6.98. The number of likely N-dealkylation sites (tertiary alicyclic amines) is 1. The second-order valence-corrected chi connectivity index (χ2v) is 8.45. The van der Waals surface area contributed by atoms with Crippen molar-refractivity contribution >= 4 is 29.2 Å².